The fourth-order valence-electron chi connectivity index (χ4n) is 3.71. The Morgan fingerprint density at radius 1 is 1.09 bits per heavy atom. The number of benzene rings is 2. The molecule has 164 valence electrons. The molecule has 0 saturated carbocycles. The Labute approximate surface area is 189 Å². The molecule has 0 radical (unpaired) electrons. The maximum atomic E-state index is 13.5. The van der Waals surface area contributed by atoms with Crippen molar-refractivity contribution in [2.45, 2.75) is 24.9 Å². The number of pyridine rings is 1. The Morgan fingerprint density at radius 3 is 2.44 bits per heavy atom. The van der Waals surface area contributed by atoms with Gasteiger partial charge in [-0.1, -0.05) is 48.9 Å². The first-order valence-corrected chi connectivity index (χ1v) is 12.2. The van der Waals surface area contributed by atoms with Gasteiger partial charge in [0.05, 0.1) is 17.9 Å². The smallest absolute Gasteiger partial charge is 0.259 e. The number of nitrogens with one attached hydrogen (secondary N) is 1. The molecule has 4 rings (SSSR count). The van der Waals surface area contributed by atoms with Crippen LogP contribution in [-0.4, -0.2) is 35.2 Å². The molecule has 0 amide bonds. The van der Waals surface area contributed by atoms with Gasteiger partial charge in [0.25, 0.3) is 5.56 Å². The third kappa shape index (κ3) is 3.99. The van der Waals surface area contributed by atoms with E-state index in [1.54, 1.807) is 25.1 Å². The lowest BCUT2D eigenvalue weighted by atomic mass is 9.94. The minimum atomic E-state index is -3.52. The van der Waals surface area contributed by atoms with E-state index in [1.807, 2.05) is 30.3 Å². The van der Waals surface area contributed by atoms with Gasteiger partial charge in [-0.2, -0.15) is 5.10 Å². The average Bonchev–Trinajstić information content (AvgIpc) is 3.24. The summed E-state index contributed by atoms with van der Waals surface area (Å²) < 4.78 is 25.0. The molecule has 0 aliphatic carbocycles. The van der Waals surface area contributed by atoms with Crippen molar-refractivity contribution in [3.8, 4) is 11.1 Å². The Bertz CT molecular complexity index is 1510. The number of aromatic nitrogens is 3. The van der Waals surface area contributed by atoms with E-state index < -0.39 is 9.84 Å². The number of hydrogen-bond donors (Lipinski definition) is 1. The Morgan fingerprint density at radius 2 is 1.81 bits per heavy atom. The lowest BCUT2D eigenvalue weighted by Gasteiger charge is -2.19. The van der Waals surface area contributed by atoms with E-state index in [4.69, 9.17) is 11.6 Å². The quantitative estimate of drug-likeness (QED) is 0.428. The maximum absolute atomic E-state index is 13.5. The van der Waals surface area contributed by atoms with Crippen LogP contribution in [0.4, 0.5) is 0 Å². The van der Waals surface area contributed by atoms with Crippen molar-refractivity contribution >= 4 is 38.0 Å². The SMILES string of the molecule is CCC(=O)c1c(-c2ccccc2)c2cc(Cl)ccc2c(=O)n1Cc1cc(S(C)(=O)=O)n[nH]1. The van der Waals surface area contributed by atoms with Gasteiger partial charge in [0.1, 0.15) is 0 Å². The molecular weight excluding hydrogens is 450 g/mol. The van der Waals surface area contributed by atoms with Gasteiger partial charge in [-0.05, 0) is 35.2 Å². The number of aromatic amines is 1. The Hall–Kier alpha value is -3.23. The van der Waals surface area contributed by atoms with Crippen LogP contribution in [0.25, 0.3) is 21.9 Å². The van der Waals surface area contributed by atoms with E-state index in [9.17, 15) is 18.0 Å². The highest BCUT2D eigenvalue weighted by molar-refractivity contribution is 7.90. The molecule has 0 bridgehead atoms. The van der Waals surface area contributed by atoms with Crippen LogP contribution in [0.15, 0.2) is 64.4 Å². The highest BCUT2D eigenvalue weighted by Gasteiger charge is 2.23. The fraction of sp³-hybridized carbons (Fsp3) is 0.174. The van der Waals surface area contributed by atoms with Gasteiger partial charge in [0.2, 0.25) is 0 Å². The van der Waals surface area contributed by atoms with E-state index in [-0.39, 0.29) is 35.0 Å². The zero-order valence-electron chi connectivity index (χ0n) is 17.4. The average molecular weight is 470 g/mol. The summed E-state index contributed by atoms with van der Waals surface area (Å²) >= 11 is 6.25. The fourth-order valence-corrected chi connectivity index (χ4v) is 4.45. The number of carbonyl (C=O) groups is 1. The van der Waals surface area contributed by atoms with Gasteiger partial charge in [0, 0.05) is 28.6 Å². The van der Waals surface area contributed by atoms with Crippen LogP contribution < -0.4 is 5.56 Å². The third-order valence-corrected chi connectivity index (χ3v) is 6.40. The number of hydrogen-bond acceptors (Lipinski definition) is 5. The van der Waals surface area contributed by atoms with Crippen molar-refractivity contribution in [3.63, 3.8) is 0 Å². The summed E-state index contributed by atoms with van der Waals surface area (Å²) in [6.45, 7) is 1.69. The van der Waals surface area contributed by atoms with Crippen molar-refractivity contribution in [2.75, 3.05) is 6.26 Å². The lowest BCUT2D eigenvalue weighted by molar-refractivity contribution is 0.0979. The van der Waals surface area contributed by atoms with Crippen molar-refractivity contribution in [1.29, 1.82) is 0 Å². The second-order valence-corrected chi connectivity index (χ2v) is 9.85. The van der Waals surface area contributed by atoms with Crippen LogP contribution in [0.5, 0.6) is 0 Å². The van der Waals surface area contributed by atoms with Gasteiger partial charge in [-0.15, -0.1) is 0 Å². The highest BCUT2D eigenvalue weighted by atomic mass is 35.5. The summed E-state index contributed by atoms with van der Waals surface area (Å²) in [6, 6.07) is 15.6. The van der Waals surface area contributed by atoms with Crippen LogP contribution in [-0.2, 0) is 16.4 Å². The van der Waals surface area contributed by atoms with E-state index in [2.05, 4.69) is 10.2 Å². The lowest BCUT2D eigenvalue weighted by Crippen LogP contribution is -2.28. The summed E-state index contributed by atoms with van der Waals surface area (Å²) in [5.74, 6) is -0.217. The van der Waals surface area contributed by atoms with Crippen molar-refractivity contribution in [1.82, 2.24) is 14.8 Å². The molecule has 0 atom stereocenters. The van der Waals surface area contributed by atoms with Crippen LogP contribution >= 0.6 is 11.6 Å². The molecule has 0 spiro atoms. The number of rotatable bonds is 6. The zero-order chi connectivity index (χ0) is 23.0. The molecule has 0 aliphatic heterocycles. The van der Waals surface area contributed by atoms with Crippen LogP contribution in [0, 0.1) is 0 Å². The first-order chi connectivity index (χ1) is 15.2. The molecule has 2 aromatic heterocycles. The van der Waals surface area contributed by atoms with Crippen molar-refractivity contribution in [2.24, 2.45) is 0 Å². The van der Waals surface area contributed by atoms with E-state index in [1.165, 1.54) is 10.6 Å². The summed E-state index contributed by atoms with van der Waals surface area (Å²) in [5.41, 5.74) is 1.65. The van der Waals surface area contributed by atoms with E-state index in [0.717, 1.165) is 11.8 Å². The number of Topliss-reactive ketones (excluding diaryl/α,β-unsaturated/α-hetero) is 1. The minimum Gasteiger partial charge on any atom is -0.298 e. The predicted octanol–water partition coefficient (Wildman–Crippen LogP) is 4.09. The predicted molar refractivity (Wildman–Crippen MR) is 124 cm³/mol. The van der Waals surface area contributed by atoms with Gasteiger partial charge in [-0.25, -0.2) is 8.42 Å². The third-order valence-electron chi connectivity index (χ3n) is 5.20. The maximum Gasteiger partial charge on any atom is 0.259 e. The van der Waals surface area contributed by atoms with Crippen LogP contribution in [0.1, 0.15) is 29.5 Å². The normalized spacial score (nSPS) is 11.7. The van der Waals surface area contributed by atoms with Crippen LogP contribution in [0.2, 0.25) is 5.02 Å². The monoisotopic (exact) mass is 469 g/mol. The number of carbonyl (C=O) groups excluding carboxylic acids is 1. The number of ketones is 1. The largest absolute Gasteiger partial charge is 0.298 e. The molecule has 0 fully saturated rings. The summed E-state index contributed by atoms with van der Waals surface area (Å²) in [4.78, 5) is 26.6. The van der Waals surface area contributed by atoms with Crippen molar-refractivity contribution < 1.29 is 13.2 Å². The molecule has 9 heteroatoms. The summed E-state index contributed by atoms with van der Waals surface area (Å²) in [5, 5.41) is 7.82. The molecule has 4 aromatic rings. The summed E-state index contributed by atoms with van der Waals surface area (Å²) in [6.07, 6.45) is 1.24. The molecule has 2 aromatic carbocycles. The number of nitrogens with zero attached hydrogens (tertiary/aromatic N) is 2. The second kappa shape index (κ2) is 8.37. The zero-order valence-corrected chi connectivity index (χ0v) is 19.0. The van der Waals surface area contributed by atoms with Gasteiger partial charge >= 0.3 is 0 Å². The highest BCUT2D eigenvalue weighted by Crippen LogP contribution is 2.33. The summed E-state index contributed by atoms with van der Waals surface area (Å²) in [7, 11) is -3.52. The molecular formula is C23H20ClN3O4S. The first-order valence-electron chi connectivity index (χ1n) is 9.89. The van der Waals surface area contributed by atoms with Gasteiger partial charge < -0.3 is 0 Å². The molecule has 7 nitrogen and oxygen atoms in total. The number of fused-ring (bicyclic) bond motifs is 1. The molecule has 1 N–H and O–H groups in total. The van der Waals surface area contributed by atoms with Crippen molar-refractivity contribution in [3.05, 3.63) is 81.4 Å². The van der Waals surface area contributed by atoms with E-state index >= 15 is 0 Å². The second-order valence-electron chi connectivity index (χ2n) is 7.45. The molecule has 32 heavy (non-hydrogen) atoms. The number of sulfone groups is 1. The van der Waals surface area contributed by atoms with Crippen LogP contribution in [0.3, 0.4) is 0 Å². The van der Waals surface area contributed by atoms with Gasteiger partial charge in [-0.3, -0.25) is 19.3 Å². The first kappa shape index (κ1) is 22.0. The van der Waals surface area contributed by atoms with Gasteiger partial charge in [0.15, 0.2) is 20.6 Å². The number of halogens is 1. The Kier molecular flexibility index (Phi) is 5.75. The Balaban J connectivity index is 2.07. The number of H-pyrrole nitrogens is 1. The molecule has 0 saturated heterocycles. The molecule has 0 unspecified atom stereocenters. The molecule has 2 heterocycles. The topological polar surface area (TPSA) is 102 Å². The van der Waals surface area contributed by atoms with E-state index in [0.29, 0.717) is 27.1 Å². The standard InChI is InChI=1S/C23H20ClN3O4S/c1-3-19(28)22-21(14-7-5-4-6-8-14)18-11-15(24)9-10-17(18)23(29)27(22)13-16-12-20(26-25-16)32(2,30)31/h4-12H,3,13H2,1-2H3,(H,25,26). The molecule has 0 aliphatic rings. The minimum absolute atomic E-state index is 0.0408.